The molecule has 3 heteroatoms. The van der Waals surface area contributed by atoms with E-state index in [0.717, 1.165) is 0 Å². The van der Waals surface area contributed by atoms with Crippen LogP contribution in [0.5, 0.6) is 0 Å². The van der Waals surface area contributed by atoms with E-state index in [1.54, 1.807) is 21.5 Å². The van der Waals surface area contributed by atoms with Crippen LogP contribution >= 0.6 is 0 Å². The summed E-state index contributed by atoms with van der Waals surface area (Å²) < 4.78 is 2.96. The first kappa shape index (κ1) is 21.8. The Morgan fingerprint density at radius 2 is 1.06 bits per heavy atom. The quantitative estimate of drug-likeness (QED) is 0.567. The van der Waals surface area contributed by atoms with Crippen LogP contribution in [0.2, 0.25) is 13.1 Å². The molecule has 2 unspecified atom stereocenters. The summed E-state index contributed by atoms with van der Waals surface area (Å²) in [6.07, 6.45) is 18.2. The third-order valence-electron chi connectivity index (χ3n) is 8.48. The van der Waals surface area contributed by atoms with Crippen LogP contribution in [0.15, 0.2) is 84.0 Å². The minimum atomic E-state index is -2.04. The summed E-state index contributed by atoms with van der Waals surface area (Å²) in [7, 11) is -2.04. The van der Waals surface area contributed by atoms with Gasteiger partial charge in [-0.25, -0.2) is 0 Å². The number of allylic oxidation sites excluding steroid dienone is 10. The molecule has 0 bridgehead atoms. The summed E-state index contributed by atoms with van der Waals surface area (Å²) in [4.78, 5) is 0. The maximum atomic E-state index is 2.59. The van der Waals surface area contributed by atoms with Crippen LogP contribution < -0.4 is 10.4 Å². The van der Waals surface area contributed by atoms with Gasteiger partial charge in [0, 0.05) is 0 Å². The van der Waals surface area contributed by atoms with Gasteiger partial charge >= 0.3 is 219 Å². The average Bonchev–Trinajstić information content (AvgIpc) is 3.25. The molecule has 0 nitrogen and oxygen atoms in total. The molecular weight excluding hydrogens is 402 g/mol. The minimum absolute atomic E-state index is 0.415. The van der Waals surface area contributed by atoms with Crippen LogP contribution in [0.1, 0.15) is 45.2 Å². The van der Waals surface area contributed by atoms with Crippen molar-refractivity contribution in [2.75, 3.05) is 0 Å². The second-order valence-electron chi connectivity index (χ2n) is 10.7. The van der Waals surface area contributed by atoms with Gasteiger partial charge in [-0.05, 0) is 0 Å². The van der Waals surface area contributed by atoms with E-state index in [-0.39, 0.29) is 0 Å². The first-order valence-electron chi connectivity index (χ1n) is 12.2. The van der Waals surface area contributed by atoms with Gasteiger partial charge in [0.25, 0.3) is 0 Å². The zero-order valence-corrected chi connectivity index (χ0v) is 21.6. The van der Waals surface area contributed by atoms with Crippen LogP contribution in [0.25, 0.3) is 8.49 Å². The van der Waals surface area contributed by atoms with Gasteiger partial charge in [0.05, 0.1) is 0 Å². The van der Waals surface area contributed by atoms with Crippen molar-refractivity contribution in [2.45, 2.75) is 38.8 Å². The number of benzene rings is 2. The number of hydrogen-bond acceptors (Lipinski definition) is 0. The van der Waals surface area contributed by atoms with Crippen LogP contribution in [-0.4, -0.2) is 43.5 Å². The van der Waals surface area contributed by atoms with Crippen LogP contribution in [-0.2, 0) is 0 Å². The van der Waals surface area contributed by atoms with Crippen molar-refractivity contribution in [3.63, 3.8) is 0 Å². The molecule has 0 saturated heterocycles. The molecule has 6 rings (SSSR count). The summed E-state index contributed by atoms with van der Waals surface area (Å²) >= 11 is 4.70. The van der Waals surface area contributed by atoms with E-state index < -0.39 is 8.07 Å². The Morgan fingerprint density at radius 1 is 0.636 bits per heavy atom. The molecule has 0 fully saturated rings. The van der Waals surface area contributed by atoms with Gasteiger partial charge in [-0.15, -0.1) is 0 Å². The Bertz CT molecular complexity index is 1320. The number of rotatable bonds is 2. The van der Waals surface area contributed by atoms with E-state index in [0.29, 0.717) is 11.8 Å². The molecule has 2 aromatic rings. The number of aryl methyl sites for hydroxylation is 2. The van der Waals surface area contributed by atoms with E-state index in [1.165, 1.54) is 41.9 Å². The Labute approximate surface area is 217 Å². The third kappa shape index (κ3) is 2.97. The van der Waals surface area contributed by atoms with Crippen molar-refractivity contribution in [2.24, 2.45) is 0 Å². The maximum absolute atomic E-state index is 2.59. The molecule has 0 radical (unpaired) electrons. The topological polar surface area (TPSA) is 0 Å². The first-order chi connectivity index (χ1) is 15.8. The van der Waals surface area contributed by atoms with E-state index >= 15 is 0 Å². The Morgan fingerprint density at radius 3 is 1.48 bits per heavy atom. The van der Waals surface area contributed by atoms with E-state index in [2.05, 4.69) is 135 Å². The average molecular weight is 429 g/mol. The van der Waals surface area contributed by atoms with Crippen molar-refractivity contribution < 1.29 is 0 Å². The Kier molecular flexibility index (Phi) is 5.05. The van der Waals surface area contributed by atoms with Crippen LogP contribution in [0, 0.1) is 13.8 Å². The normalized spacial score (nSPS) is 22.2. The second-order valence-corrected chi connectivity index (χ2v) is 14.9. The molecule has 2 aromatic carbocycles. The van der Waals surface area contributed by atoms with Gasteiger partial charge in [0.1, 0.15) is 0 Å². The summed E-state index contributed by atoms with van der Waals surface area (Å²) in [5.74, 6) is 0.831. The molecule has 0 N–H and O–H groups in total. The summed E-state index contributed by atoms with van der Waals surface area (Å²) in [5, 5.41) is 3.27. The van der Waals surface area contributed by atoms with Gasteiger partial charge in [-0.1, -0.05) is 0 Å². The van der Waals surface area contributed by atoms with E-state index in [9.17, 15) is 0 Å². The van der Waals surface area contributed by atoms with Gasteiger partial charge in [0.15, 0.2) is 0 Å². The molecule has 0 amide bonds. The molecule has 33 heavy (non-hydrogen) atoms. The van der Waals surface area contributed by atoms with Gasteiger partial charge < -0.3 is 0 Å². The molecular formula is C30H26Li2Si. The van der Waals surface area contributed by atoms with Crippen molar-refractivity contribution in [3.05, 3.63) is 117 Å². The second kappa shape index (κ2) is 7.65. The molecule has 4 aliphatic carbocycles. The standard InChI is InChI=1S/C30H26Si.2Li/c1-19-13-15-25-23-11-7-5-9-21(23)17-27(25)29(19)31(3,4)30-20(2)14-16-26-24-12-8-6-10-22(24)18-28(26)30;;/h5-16,23-24H,1-4H3;;. The van der Waals surface area contributed by atoms with Crippen LogP contribution in [0.4, 0.5) is 0 Å². The molecule has 0 heterocycles. The number of hydrogen-bond donors (Lipinski definition) is 0. The fraction of sp³-hybridized carbons (Fsp3) is 0.200. The fourth-order valence-corrected chi connectivity index (χ4v) is 11.4. The summed E-state index contributed by atoms with van der Waals surface area (Å²) in [6, 6.07) is 9.56. The van der Waals surface area contributed by atoms with E-state index in [1.807, 2.05) is 0 Å². The molecule has 0 saturated carbocycles. The Balaban J connectivity index is 1.64. The number of fused-ring (bicyclic) bond motifs is 6. The fourth-order valence-electron chi connectivity index (χ4n) is 7.14. The molecule has 4 aliphatic rings. The SMILES string of the molecule is [Li][C]1=C2C=CC=CC2c2ccc(C)c([Si](C)(C)c3c(C)ccc4c3[C]([Li])=C3C=CC=CC34)c21. The first-order valence-corrected chi connectivity index (χ1v) is 15.2. The third-order valence-corrected chi connectivity index (χ3v) is 12.3. The van der Waals surface area contributed by atoms with Gasteiger partial charge in [0.2, 0.25) is 0 Å². The molecule has 2 atom stereocenters. The zero-order valence-electron chi connectivity index (χ0n) is 20.6. The summed E-state index contributed by atoms with van der Waals surface area (Å²) in [6.45, 7) is 9.86. The van der Waals surface area contributed by atoms with Crippen molar-refractivity contribution in [3.8, 4) is 0 Å². The van der Waals surface area contributed by atoms with Crippen molar-refractivity contribution in [1.29, 1.82) is 0 Å². The molecule has 0 aliphatic heterocycles. The van der Waals surface area contributed by atoms with Crippen LogP contribution in [0.3, 0.4) is 0 Å². The predicted molar refractivity (Wildman–Crippen MR) is 146 cm³/mol. The van der Waals surface area contributed by atoms with Gasteiger partial charge in [-0.3, -0.25) is 0 Å². The molecule has 152 valence electrons. The van der Waals surface area contributed by atoms with Gasteiger partial charge in [-0.2, -0.15) is 0 Å². The van der Waals surface area contributed by atoms with Crippen molar-refractivity contribution in [1.82, 2.24) is 0 Å². The molecule has 0 aromatic heterocycles. The summed E-state index contributed by atoms with van der Waals surface area (Å²) in [5.41, 5.74) is 12.0. The predicted octanol–water partition coefficient (Wildman–Crippen LogP) is 5.33. The van der Waals surface area contributed by atoms with E-state index in [4.69, 9.17) is 0 Å². The van der Waals surface area contributed by atoms with Crippen molar-refractivity contribution >= 4 is 62.4 Å². The Hall–Kier alpha value is -1.71. The zero-order chi connectivity index (χ0) is 23.1. The monoisotopic (exact) mass is 428 g/mol. The molecule has 0 spiro atoms.